The molecule has 0 saturated heterocycles. The van der Waals surface area contributed by atoms with Crippen molar-refractivity contribution in [1.29, 1.82) is 0 Å². The molecule has 6 nitrogen and oxygen atoms in total. The van der Waals surface area contributed by atoms with Crippen molar-refractivity contribution in [2.45, 2.75) is 38.1 Å². The van der Waals surface area contributed by atoms with Crippen LogP contribution in [0, 0.1) is 5.82 Å². The van der Waals surface area contributed by atoms with E-state index >= 15 is 0 Å². The maximum Gasteiger partial charge on any atom is 0.291 e. The second kappa shape index (κ2) is 9.55. The molecule has 2 aromatic heterocycles. The highest BCUT2D eigenvalue weighted by Crippen LogP contribution is 2.39. The van der Waals surface area contributed by atoms with Crippen LogP contribution in [0.15, 0.2) is 71.6 Å². The molecule has 4 aromatic rings. The summed E-state index contributed by atoms with van der Waals surface area (Å²) in [6.07, 6.45) is 9.10. The lowest BCUT2D eigenvalue weighted by Crippen LogP contribution is -2.14. The number of furan rings is 1. The molecule has 0 unspecified atom stereocenters. The number of rotatable bonds is 6. The number of benzene rings is 2. The lowest BCUT2D eigenvalue weighted by atomic mass is 9.94. The Balaban J connectivity index is 1.61. The number of imidazole rings is 1. The van der Waals surface area contributed by atoms with Crippen LogP contribution in [0.4, 0.5) is 10.1 Å². The minimum absolute atomic E-state index is 0.226. The fourth-order valence-electron chi connectivity index (χ4n) is 4.63. The molecule has 0 aliphatic heterocycles. The van der Waals surface area contributed by atoms with Gasteiger partial charge in [-0.15, -0.1) is 0 Å². The Kier molecular flexibility index (Phi) is 6.16. The highest BCUT2D eigenvalue weighted by Gasteiger charge is 2.23. The number of amides is 1. The molecule has 1 aliphatic rings. The van der Waals surface area contributed by atoms with Crippen LogP contribution >= 0.6 is 0 Å². The molecule has 34 heavy (non-hydrogen) atoms. The molecule has 1 aliphatic carbocycles. The van der Waals surface area contributed by atoms with E-state index in [2.05, 4.69) is 9.88 Å². The Morgan fingerprint density at radius 2 is 1.88 bits per heavy atom. The SMILES string of the molecule is COc1cc(NC(=O)c2ccco2)cc(-c2c(-c3ccc(F)cc3)ncn2C2CCCCC2)c1. The van der Waals surface area contributed by atoms with Gasteiger partial charge in [0.25, 0.3) is 5.91 Å². The van der Waals surface area contributed by atoms with Gasteiger partial charge in [0.15, 0.2) is 5.76 Å². The van der Waals surface area contributed by atoms with Crippen LogP contribution in [0.1, 0.15) is 48.7 Å². The highest BCUT2D eigenvalue weighted by atomic mass is 19.1. The Morgan fingerprint density at radius 1 is 1.09 bits per heavy atom. The number of halogens is 1. The van der Waals surface area contributed by atoms with E-state index in [0.29, 0.717) is 17.5 Å². The third-order valence-corrected chi connectivity index (χ3v) is 6.30. The third-order valence-electron chi connectivity index (χ3n) is 6.30. The maximum absolute atomic E-state index is 13.6. The number of carbonyl (C=O) groups excluding carboxylic acids is 1. The van der Waals surface area contributed by atoms with Crippen LogP contribution < -0.4 is 10.1 Å². The zero-order valence-corrected chi connectivity index (χ0v) is 19.0. The number of anilines is 1. The molecule has 2 aromatic carbocycles. The third kappa shape index (κ3) is 4.46. The topological polar surface area (TPSA) is 69.3 Å². The summed E-state index contributed by atoms with van der Waals surface area (Å²) < 4.78 is 26.6. The summed E-state index contributed by atoms with van der Waals surface area (Å²) in [5.41, 5.74) is 3.96. The first kappa shape index (κ1) is 21.9. The quantitative estimate of drug-likeness (QED) is 0.348. The molecule has 0 spiro atoms. The highest BCUT2D eigenvalue weighted by molar-refractivity contribution is 6.02. The van der Waals surface area contributed by atoms with Crippen LogP contribution in [0.5, 0.6) is 5.75 Å². The van der Waals surface area contributed by atoms with Gasteiger partial charge in [-0.25, -0.2) is 9.37 Å². The van der Waals surface area contributed by atoms with Crippen molar-refractivity contribution in [2.24, 2.45) is 0 Å². The number of methoxy groups -OCH3 is 1. The van der Waals surface area contributed by atoms with Crippen molar-refractivity contribution in [3.8, 4) is 28.3 Å². The Hall–Kier alpha value is -3.87. The average Bonchev–Trinajstić information content (AvgIpc) is 3.56. The Bertz CT molecular complexity index is 1270. The first-order chi connectivity index (χ1) is 16.6. The van der Waals surface area contributed by atoms with Crippen molar-refractivity contribution in [3.05, 3.63) is 78.8 Å². The number of nitrogens with one attached hydrogen (secondary N) is 1. The van der Waals surface area contributed by atoms with Crippen LogP contribution in [0.3, 0.4) is 0 Å². The number of ether oxygens (including phenoxy) is 1. The first-order valence-corrected chi connectivity index (χ1v) is 11.5. The van der Waals surface area contributed by atoms with E-state index in [1.54, 1.807) is 37.4 Å². The van der Waals surface area contributed by atoms with E-state index in [4.69, 9.17) is 14.1 Å². The molecule has 1 fully saturated rings. The number of hydrogen-bond acceptors (Lipinski definition) is 4. The molecule has 0 radical (unpaired) electrons. The summed E-state index contributed by atoms with van der Waals surface area (Å²) in [7, 11) is 1.59. The van der Waals surface area contributed by atoms with Crippen molar-refractivity contribution >= 4 is 11.6 Å². The molecule has 0 atom stereocenters. The predicted octanol–water partition coefficient (Wildman–Crippen LogP) is 6.72. The summed E-state index contributed by atoms with van der Waals surface area (Å²) in [5.74, 6) is 0.197. The number of nitrogens with zero attached hydrogens (tertiary/aromatic N) is 2. The van der Waals surface area contributed by atoms with Gasteiger partial charge in [0.05, 0.1) is 31.1 Å². The van der Waals surface area contributed by atoms with Crippen molar-refractivity contribution in [2.75, 3.05) is 12.4 Å². The summed E-state index contributed by atoms with van der Waals surface area (Å²) >= 11 is 0. The van der Waals surface area contributed by atoms with Crippen LogP contribution in [-0.4, -0.2) is 22.6 Å². The van der Waals surface area contributed by atoms with E-state index in [0.717, 1.165) is 35.4 Å². The van der Waals surface area contributed by atoms with Crippen LogP contribution in [0.25, 0.3) is 22.5 Å². The fraction of sp³-hybridized carbons (Fsp3) is 0.259. The lowest BCUT2D eigenvalue weighted by molar-refractivity contribution is 0.0996. The van der Waals surface area contributed by atoms with Crippen molar-refractivity contribution in [1.82, 2.24) is 9.55 Å². The van der Waals surface area contributed by atoms with E-state index < -0.39 is 0 Å². The van der Waals surface area contributed by atoms with Gasteiger partial charge in [-0.3, -0.25) is 4.79 Å². The van der Waals surface area contributed by atoms with Gasteiger partial charge in [-0.2, -0.15) is 0 Å². The van der Waals surface area contributed by atoms with Gasteiger partial charge in [-0.1, -0.05) is 19.3 Å². The zero-order chi connectivity index (χ0) is 23.5. The van der Waals surface area contributed by atoms with E-state index in [-0.39, 0.29) is 17.5 Å². The van der Waals surface area contributed by atoms with Gasteiger partial charge >= 0.3 is 0 Å². The molecule has 5 rings (SSSR count). The van der Waals surface area contributed by atoms with Crippen molar-refractivity contribution in [3.63, 3.8) is 0 Å². The molecule has 7 heteroatoms. The smallest absolute Gasteiger partial charge is 0.291 e. The maximum atomic E-state index is 13.6. The molecule has 1 amide bonds. The van der Waals surface area contributed by atoms with Crippen LogP contribution in [0.2, 0.25) is 0 Å². The lowest BCUT2D eigenvalue weighted by Gasteiger charge is -2.25. The minimum atomic E-state index is -0.344. The first-order valence-electron chi connectivity index (χ1n) is 11.5. The zero-order valence-electron chi connectivity index (χ0n) is 19.0. The van der Waals surface area contributed by atoms with E-state index in [1.807, 2.05) is 18.5 Å². The second-order valence-corrected chi connectivity index (χ2v) is 8.53. The number of carbonyl (C=O) groups is 1. The summed E-state index contributed by atoms with van der Waals surface area (Å²) in [6, 6.07) is 15.6. The molecule has 1 saturated carbocycles. The van der Waals surface area contributed by atoms with E-state index in [1.165, 1.54) is 37.7 Å². The summed E-state index contributed by atoms with van der Waals surface area (Å²) in [5, 5.41) is 2.90. The second-order valence-electron chi connectivity index (χ2n) is 8.53. The minimum Gasteiger partial charge on any atom is -0.497 e. The predicted molar refractivity (Wildman–Crippen MR) is 128 cm³/mol. The van der Waals surface area contributed by atoms with Gasteiger partial charge in [0.1, 0.15) is 11.6 Å². The van der Waals surface area contributed by atoms with Gasteiger partial charge in [0.2, 0.25) is 0 Å². The number of hydrogen-bond donors (Lipinski definition) is 1. The average molecular weight is 460 g/mol. The Morgan fingerprint density at radius 3 is 2.59 bits per heavy atom. The van der Waals surface area contributed by atoms with Crippen molar-refractivity contribution < 1.29 is 18.3 Å². The molecular weight excluding hydrogens is 433 g/mol. The molecule has 1 N–H and O–H groups in total. The Labute approximate surface area is 197 Å². The normalized spacial score (nSPS) is 14.2. The molecule has 174 valence electrons. The van der Waals surface area contributed by atoms with E-state index in [9.17, 15) is 9.18 Å². The number of aromatic nitrogens is 2. The van der Waals surface area contributed by atoms with Gasteiger partial charge < -0.3 is 19.0 Å². The largest absolute Gasteiger partial charge is 0.497 e. The van der Waals surface area contributed by atoms with Gasteiger partial charge in [0, 0.05) is 28.9 Å². The molecule has 2 heterocycles. The van der Waals surface area contributed by atoms with Gasteiger partial charge in [-0.05, 0) is 61.4 Å². The monoisotopic (exact) mass is 459 g/mol. The molecule has 0 bridgehead atoms. The summed E-state index contributed by atoms with van der Waals surface area (Å²) in [6.45, 7) is 0. The van der Waals surface area contributed by atoms with Crippen LogP contribution in [-0.2, 0) is 0 Å². The molecular formula is C27H26FN3O3. The standard InChI is InChI=1S/C27H26FN3O3/c1-33-23-15-19(14-21(16-23)30-27(32)24-8-5-13-34-24)26-25(18-9-11-20(28)12-10-18)29-17-31(26)22-6-3-2-4-7-22/h5,8-17,22H,2-4,6-7H2,1H3,(H,30,32). The fourth-order valence-corrected chi connectivity index (χ4v) is 4.63. The summed E-state index contributed by atoms with van der Waals surface area (Å²) in [4.78, 5) is 17.4.